The molecule has 0 fully saturated rings. The highest BCUT2D eigenvalue weighted by Crippen LogP contribution is 2.39. The fraction of sp³-hybridized carbons (Fsp3) is 0.611. The second-order valence-corrected chi connectivity index (χ2v) is 6.55. The Bertz CT molecular complexity index is 448. The molecule has 0 aromatic rings. The van der Waals surface area contributed by atoms with E-state index in [0.717, 1.165) is 30.4 Å². The molecule has 0 bridgehead atoms. The SMILES string of the molecule is CC1=C(/C=C/C(C)=C/CCC(C)O)C(C)(C)CCC1=O. The standard InChI is InChI=1S/C18H28O2/c1-13(7-6-8-14(2)19)9-10-16-15(3)17(20)11-12-18(16,4)5/h7,9-10,14,19H,6,8,11-12H2,1-5H3/b10-9+,13-7+. The van der Waals surface area contributed by atoms with Crippen LogP contribution in [0.5, 0.6) is 0 Å². The minimum atomic E-state index is -0.247. The van der Waals surface area contributed by atoms with Gasteiger partial charge in [0, 0.05) is 6.42 Å². The van der Waals surface area contributed by atoms with Gasteiger partial charge in [-0.1, -0.05) is 37.6 Å². The molecule has 1 aliphatic carbocycles. The third-order valence-corrected chi connectivity index (χ3v) is 4.09. The molecule has 20 heavy (non-hydrogen) atoms. The predicted octanol–water partition coefficient (Wildman–Crippen LogP) is 4.36. The van der Waals surface area contributed by atoms with Crippen LogP contribution in [0.1, 0.15) is 60.3 Å². The van der Waals surface area contributed by atoms with Gasteiger partial charge in [-0.05, 0) is 56.6 Å². The van der Waals surface area contributed by atoms with Crippen molar-refractivity contribution in [2.24, 2.45) is 5.41 Å². The topological polar surface area (TPSA) is 37.3 Å². The molecule has 0 aliphatic heterocycles. The maximum atomic E-state index is 11.8. The first-order valence-electron chi connectivity index (χ1n) is 7.51. The summed E-state index contributed by atoms with van der Waals surface area (Å²) >= 11 is 0. The van der Waals surface area contributed by atoms with E-state index < -0.39 is 0 Å². The second-order valence-electron chi connectivity index (χ2n) is 6.55. The van der Waals surface area contributed by atoms with Gasteiger partial charge in [0.2, 0.25) is 0 Å². The van der Waals surface area contributed by atoms with Crippen molar-refractivity contribution >= 4 is 5.78 Å². The number of hydrogen-bond donors (Lipinski definition) is 1. The molecule has 1 N–H and O–H groups in total. The van der Waals surface area contributed by atoms with Crippen LogP contribution in [-0.4, -0.2) is 17.0 Å². The van der Waals surface area contributed by atoms with Crippen molar-refractivity contribution in [3.8, 4) is 0 Å². The van der Waals surface area contributed by atoms with Crippen molar-refractivity contribution < 1.29 is 9.90 Å². The van der Waals surface area contributed by atoms with Crippen LogP contribution in [0.4, 0.5) is 0 Å². The lowest BCUT2D eigenvalue weighted by atomic mass is 9.72. The molecular formula is C18H28O2. The van der Waals surface area contributed by atoms with Crippen LogP contribution >= 0.6 is 0 Å². The largest absolute Gasteiger partial charge is 0.393 e. The normalized spacial score (nSPS) is 21.7. The van der Waals surface area contributed by atoms with Gasteiger partial charge >= 0.3 is 0 Å². The first kappa shape index (κ1) is 16.9. The summed E-state index contributed by atoms with van der Waals surface area (Å²) in [7, 11) is 0. The molecular weight excluding hydrogens is 248 g/mol. The van der Waals surface area contributed by atoms with Gasteiger partial charge < -0.3 is 5.11 Å². The summed E-state index contributed by atoms with van der Waals surface area (Å²) in [5, 5.41) is 9.24. The average Bonchev–Trinajstić information content (AvgIpc) is 2.33. The lowest BCUT2D eigenvalue weighted by Gasteiger charge is -2.32. The third-order valence-electron chi connectivity index (χ3n) is 4.09. The summed E-state index contributed by atoms with van der Waals surface area (Å²) < 4.78 is 0. The Hall–Kier alpha value is -1.15. The number of hydrogen-bond acceptors (Lipinski definition) is 2. The van der Waals surface area contributed by atoms with E-state index >= 15 is 0 Å². The highest BCUT2D eigenvalue weighted by atomic mass is 16.3. The fourth-order valence-corrected chi connectivity index (χ4v) is 2.59. The molecule has 0 spiro atoms. The monoisotopic (exact) mass is 276 g/mol. The van der Waals surface area contributed by atoms with Crippen LogP contribution in [0.15, 0.2) is 34.9 Å². The van der Waals surface area contributed by atoms with Crippen LogP contribution in [0, 0.1) is 5.41 Å². The number of aliphatic hydroxyl groups is 1. The van der Waals surface area contributed by atoms with Gasteiger partial charge in [0.05, 0.1) is 6.10 Å². The molecule has 0 radical (unpaired) electrons. The van der Waals surface area contributed by atoms with E-state index in [4.69, 9.17) is 0 Å². The van der Waals surface area contributed by atoms with Crippen molar-refractivity contribution in [3.63, 3.8) is 0 Å². The van der Waals surface area contributed by atoms with E-state index in [-0.39, 0.29) is 17.3 Å². The van der Waals surface area contributed by atoms with Gasteiger partial charge in [0.25, 0.3) is 0 Å². The molecule has 2 nitrogen and oxygen atoms in total. The van der Waals surface area contributed by atoms with E-state index in [2.05, 4.69) is 39.0 Å². The molecule has 1 rings (SSSR count). The molecule has 0 amide bonds. The number of allylic oxidation sites excluding steroid dienone is 6. The summed E-state index contributed by atoms with van der Waals surface area (Å²) in [5.74, 6) is 0.278. The van der Waals surface area contributed by atoms with E-state index in [1.165, 1.54) is 5.57 Å². The number of carbonyl (C=O) groups excluding carboxylic acids is 1. The minimum absolute atomic E-state index is 0.0778. The minimum Gasteiger partial charge on any atom is -0.393 e. The molecule has 2 heteroatoms. The van der Waals surface area contributed by atoms with Crippen LogP contribution < -0.4 is 0 Å². The van der Waals surface area contributed by atoms with Gasteiger partial charge in [-0.25, -0.2) is 0 Å². The van der Waals surface area contributed by atoms with E-state index in [1.54, 1.807) is 0 Å². The molecule has 0 aromatic carbocycles. The molecule has 0 aromatic heterocycles. The zero-order valence-corrected chi connectivity index (χ0v) is 13.5. The van der Waals surface area contributed by atoms with Crippen LogP contribution in [0.3, 0.4) is 0 Å². The summed E-state index contributed by atoms with van der Waals surface area (Å²) in [6, 6.07) is 0. The first-order chi connectivity index (χ1) is 9.24. The Balaban J connectivity index is 2.81. The Morgan fingerprint density at radius 3 is 2.70 bits per heavy atom. The quantitative estimate of drug-likeness (QED) is 0.758. The van der Waals surface area contributed by atoms with Gasteiger partial charge in [-0.2, -0.15) is 0 Å². The number of ketones is 1. The highest BCUT2D eigenvalue weighted by molar-refractivity contribution is 5.97. The first-order valence-corrected chi connectivity index (χ1v) is 7.51. The van der Waals surface area contributed by atoms with Crippen molar-refractivity contribution in [3.05, 3.63) is 34.9 Å². The summed E-state index contributed by atoms with van der Waals surface area (Å²) in [6.07, 6.45) is 9.33. The maximum Gasteiger partial charge on any atom is 0.158 e. The second kappa shape index (κ2) is 7.03. The zero-order valence-electron chi connectivity index (χ0n) is 13.5. The van der Waals surface area contributed by atoms with Gasteiger partial charge in [0.15, 0.2) is 5.78 Å². The molecule has 0 saturated heterocycles. The van der Waals surface area contributed by atoms with Crippen LogP contribution in [-0.2, 0) is 4.79 Å². The predicted molar refractivity (Wildman–Crippen MR) is 84.5 cm³/mol. The summed E-state index contributed by atoms with van der Waals surface area (Å²) in [5.41, 5.74) is 3.33. The van der Waals surface area contributed by atoms with Gasteiger partial charge in [-0.3, -0.25) is 4.79 Å². The van der Waals surface area contributed by atoms with E-state index in [9.17, 15) is 9.90 Å². The Labute approximate surface area is 123 Å². The summed E-state index contributed by atoms with van der Waals surface area (Å²) in [6.45, 7) is 10.2. The van der Waals surface area contributed by atoms with Gasteiger partial charge in [0.1, 0.15) is 0 Å². The van der Waals surface area contributed by atoms with Crippen molar-refractivity contribution in [2.45, 2.75) is 66.4 Å². The maximum absolute atomic E-state index is 11.8. The molecule has 0 saturated carbocycles. The number of aliphatic hydroxyl groups excluding tert-OH is 1. The van der Waals surface area contributed by atoms with Crippen LogP contribution in [0.2, 0.25) is 0 Å². The zero-order chi connectivity index (χ0) is 15.3. The van der Waals surface area contributed by atoms with Crippen molar-refractivity contribution in [1.82, 2.24) is 0 Å². The van der Waals surface area contributed by atoms with E-state index in [0.29, 0.717) is 6.42 Å². The fourth-order valence-electron chi connectivity index (χ4n) is 2.59. The van der Waals surface area contributed by atoms with Gasteiger partial charge in [-0.15, -0.1) is 0 Å². The lowest BCUT2D eigenvalue weighted by Crippen LogP contribution is -2.24. The molecule has 1 aliphatic rings. The molecule has 1 unspecified atom stereocenters. The smallest absolute Gasteiger partial charge is 0.158 e. The molecule has 0 heterocycles. The number of Topliss-reactive ketones (excluding diaryl/α,β-unsaturated/α-hetero) is 1. The highest BCUT2D eigenvalue weighted by Gasteiger charge is 2.30. The number of carbonyl (C=O) groups is 1. The average molecular weight is 276 g/mol. The van der Waals surface area contributed by atoms with Crippen molar-refractivity contribution in [2.75, 3.05) is 0 Å². The Morgan fingerprint density at radius 1 is 1.45 bits per heavy atom. The van der Waals surface area contributed by atoms with Crippen LogP contribution in [0.25, 0.3) is 0 Å². The Morgan fingerprint density at radius 2 is 2.10 bits per heavy atom. The molecule has 1 atom stereocenters. The lowest BCUT2D eigenvalue weighted by molar-refractivity contribution is -0.116. The summed E-state index contributed by atoms with van der Waals surface area (Å²) in [4.78, 5) is 11.8. The molecule has 112 valence electrons. The number of rotatable bonds is 5. The third kappa shape index (κ3) is 4.75. The Kier molecular flexibility index (Phi) is 5.94. The van der Waals surface area contributed by atoms with Crippen molar-refractivity contribution in [1.29, 1.82) is 0 Å². The van der Waals surface area contributed by atoms with E-state index in [1.807, 2.05) is 13.8 Å².